The SMILES string of the molecule is CCOc1cc(S(=O)(=O)c2ccc(CNC(=O)c3cc4cnccc4[nH]3)cc2)ccc1F. The fourth-order valence-electron chi connectivity index (χ4n) is 3.21. The maximum absolute atomic E-state index is 13.8. The van der Waals surface area contributed by atoms with Crippen molar-refractivity contribution in [2.45, 2.75) is 23.3 Å². The van der Waals surface area contributed by atoms with Gasteiger partial charge in [-0.25, -0.2) is 12.8 Å². The molecule has 4 rings (SSSR count). The second-order valence-corrected chi connectivity index (χ2v) is 8.95. The summed E-state index contributed by atoms with van der Waals surface area (Å²) in [5.41, 5.74) is 1.95. The van der Waals surface area contributed by atoms with Gasteiger partial charge in [0, 0.05) is 35.9 Å². The maximum atomic E-state index is 13.8. The van der Waals surface area contributed by atoms with Crippen LogP contribution in [0.1, 0.15) is 23.0 Å². The third kappa shape index (κ3) is 4.33. The molecule has 7 nitrogen and oxygen atoms in total. The Hall–Kier alpha value is -3.72. The van der Waals surface area contributed by atoms with Gasteiger partial charge >= 0.3 is 0 Å². The van der Waals surface area contributed by atoms with Crippen molar-refractivity contribution in [2.75, 3.05) is 6.61 Å². The summed E-state index contributed by atoms with van der Waals surface area (Å²) in [5, 5.41) is 3.63. The van der Waals surface area contributed by atoms with Gasteiger partial charge in [0.15, 0.2) is 11.6 Å². The average Bonchev–Trinajstić information content (AvgIpc) is 3.24. The van der Waals surface area contributed by atoms with Gasteiger partial charge in [-0.2, -0.15) is 0 Å². The molecule has 164 valence electrons. The van der Waals surface area contributed by atoms with E-state index in [-0.39, 0.29) is 34.6 Å². The molecule has 0 aliphatic rings. The van der Waals surface area contributed by atoms with Crippen LogP contribution in [-0.4, -0.2) is 30.9 Å². The molecule has 0 atom stereocenters. The van der Waals surface area contributed by atoms with Crippen molar-refractivity contribution >= 4 is 26.6 Å². The lowest BCUT2D eigenvalue weighted by atomic mass is 10.2. The smallest absolute Gasteiger partial charge is 0.267 e. The topological polar surface area (TPSA) is 101 Å². The highest BCUT2D eigenvalue weighted by Crippen LogP contribution is 2.27. The number of hydrogen-bond donors (Lipinski definition) is 2. The van der Waals surface area contributed by atoms with Crippen LogP contribution < -0.4 is 10.1 Å². The van der Waals surface area contributed by atoms with Crippen molar-refractivity contribution in [1.29, 1.82) is 0 Å². The van der Waals surface area contributed by atoms with E-state index in [1.165, 1.54) is 24.3 Å². The Bertz CT molecular complexity index is 1350. The molecule has 0 aliphatic carbocycles. The van der Waals surface area contributed by atoms with E-state index in [9.17, 15) is 17.6 Å². The zero-order valence-corrected chi connectivity index (χ0v) is 17.9. The standard InChI is InChI=1S/C23H20FN3O4S/c1-2-31-22-12-18(7-8-19(22)24)32(29,30)17-5-3-15(4-6-17)13-26-23(28)21-11-16-14-25-10-9-20(16)27-21/h3-12,14,27H,2,13H2,1H3,(H,26,28). The molecule has 9 heteroatoms. The first-order valence-electron chi connectivity index (χ1n) is 9.86. The molecule has 2 aromatic carbocycles. The first kappa shape index (κ1) is 21.5. The minimum atomic E-state index is -3.85. The van der Waals surface area contributed by atoms with E-state index in [0.717, 1.165) is 22.5 Å². The molecule has 2 heterocycles. The van der Waals surface area contributed by atoms with E-state index in [0.29, 0.717) is 5.69 Å². The Balaban J connectivity index is 1.46. The Kier molecular flexibility index (Phi) is 5.91. The van der Waals surface area contributed by atoms with E-state index in [1.807, 2.05) is 0 Å². The van der Waals surface area contributed by atoms with Crippen LogP contribution in [0.15, 0.2) is 76.8 Å². The Morgan fingerprint density at radius 1 is 1.09 bits per heavy atom. The molecule has 0 saturated heterocycles. The third-order valence-corrected chi connectivity index (χ3v) is 6.63. The lowest BCUT2D eigenvalue weighted by Gasteiger charge is -2.10. The first-order valence-corrected chi connectivity index (χ1v) is 11.3. The second kappa shape index (κ2) is 8.80. The summed E-state index contributed by atoms with van der Waals surface area (Å²) in [6, 6.07) is 13.1. The quantitative estimate of drug-likeness (QED) is 0.414. The number of aromatic amines is 1. The van der Waals surface area contributed by atoms with E-state index in [2.05, 4.69) is 15.3 Å². The number of pyridine rings is 1. The molecule has 4 aromatic rings. The van der Waals surface area contributed by atoms with E-state index in [1.54, 1.807) is 43.6 Å². The van der Waals surface area contributed by atoms with Crippen LogP contribution >= 0.6 is 0 Å². The number of hydrogen-bond acceptors (Lipinski definition) is 5. The Labute approximate surface area is 184 Å². The van der Waals surface area contributed by atoms with Crippen LogP contribution in [-0.2, 0) is 16.4 Å². The normalized spacial score (nSPS) is 11.4. The van der Waals surface area contributed by atoms with Crippen molar-refractivity contribution in [1.82, 2.24) is 15.3 Å². The van der Waals surface area contributed by atoms with Gasteiger partial charge in [-0.15, -0.1) is 0 Å². The van der Waals surface area contributed by atoms with Crippen molar-refractivity contribution < 1.29 is 22.3 Å². The van der Waals surface area contributed by atoms with E-state index < -0.39 is 15.7 Å². The fourth-order valence-corrected chi connectivity index (χ4v) is 4.49. The zero-order valence-electron chi connectivity index (χ0n) is 17.1. The lowest BCUT2D eigenvalue weighted by molar-refractivity contribution is 0.0946. The summed E-state index contributed by atoms with van der Waals surface area (Å²) in [4.78, 5) is 19.5. The van der Waals surface area contributed by atoms with Crippen LogP contribution in [0, 0.1) is 5.82 Å². The monoisotopic (exact) mass is 453 g/mol. The molecule has 1 amide bonds. The Morgan fingerprint density at radius 2 is 1.84 bits per heavy atom. The molecule has 0 radical (unpaired) electrons. The highest BCUT2D eigenvalue weighted by atomic mass is 32.2. The number of carbonyl (C=O) groups excluding carboxylic acids is 1. The van der Waals surface area contributed by atoms with Gasteiger partial charge in [-0.05, 0) is 48.9 Å². The zero-order chi connectivity index (χ0) is 22.7. The number of nitrogens with one attached hydrogen (secondary N) is 2. The average molecular weight is 453 g/mol. The summed E-state index contributed by atoms with van der Waals surface area (Å²) in [6.45, 7) is 2.13. The number of nitrogens with zero attached hydrogens (tertiary/aromatic N) is 1. The van der Waals surface area contributed by atoms with E-state index >= 15 is 0 Å². The number of amides is 1. The molecule has 0 bridgehead atoms. The number of fused-ring (bicyclic) bond motifs is 1. The van der Waals surface area contributed by atoms with Gasteiger partial charge in [0.2, 0.25) is 9.84 Å². The number of benzene rings is 2. The van der Waals surface area contributed by atoms with Gasteiger partial charge in [-0.1, -0.05) is 12.1 Å². The number of carbonyl (C=O) groups is 1. The number of H-pyrrole nitrogens is 1. The fraction of sp³-hybridized carbons (Fsp3) is 0.130. The summed E-state index contributed by atoms with van der Waals surface area (Å²) >= 11 is 0. The molecular weight excluding hydrogens is 433 g/mol. The molecule has 32 heavy (non-hydrogen) atoms. The van der Waals surface area contributed by atoms with Gasteiger partial charge in [0.05, 0.1) is 16.4 Å². The number of aromatic nitrogens is 2. The van der Waals surface area contributed by atoms with Crippen LogP contribution in [0.25, 0.3) is 10.9 Å². The molecule has 0 saturated carbocycles. The second-order valence-electron chi connectivity index (χ2n) is 7.00. The Morgan fingerprint density at radius 3 is 2.56 bits per heavy atom. The largest absolute Gasteiger partial charge is 0.491 e. The van der Waals surface area contributed by atoms with Crippen LogP contribution in [0.3, 0.4) is 0 Å². The van der Waals surface area contributed by atoms with Gasteiger partial charge < -0.3 is 15.0 Å². The van der Waals surface area contributed by atoms with Gasteiger partial charge in [-0.3, -0.25) is 9.78 Å². The van der Waals surface area contributed by atoms with Crippen LogP contribution in [0.4, 0.5) is 4.39 Å². The minimum Gasteiger partial charge on any atom is -0.491 e. The van der Waals surface area contributed by atoms with Crippen LogP contribution in [0.2, 0.25) is 0 Å². The molecule has 2 aromatic heterocycles. The predicted molar refractivity (Wildman–Crippen MR) is 117 cm³/mol. The van der Waals surface area contributed by atoms with Crippen molar-refractivity contribution in [2.24, 2.45) is 0 Å². The summed E-state index contributed by atoms with van der Waals surface area (Å²) in [7, 11) is -3.85. The summed E-state index contributed by atoms with van der Waals surface area (Å²) < 4.78 is 44.7. The molecular formula is C23H20FN3O4S. The van der Waals surface area contributed by atoms with Crippen LogP contribution in [0.5, 0.6) is 5.75 Å². The minimum absolute atomic E-state index is 0.0586. The highest BCUT2D eigenvalue weighted by Gasteiger charge is 2.20. The molecule has 0 spiro atoms. The number of ether oxygens (including phenoxy) is 1. The molecule has 2 N–H and O–H groups in total. The third-order valence-electron chi connectivity index (χ3n) is 4.87. The van der Waals surface area contributed by atoms with Crippen molar-refractivity contribution in [3.8, 4) is 5.75 Å². The number of halogens is 1. The lowest BCUT2D eigenvalue weighted by Crippen LogP contribution is -2.23. The first-order chi connectivity index (χ1) is 15.4. The van der Waals surface area contributed by atoms with Crippen molar-refractivity contribution in [3.05, 3.63) is 84.1 Å². The van der Waals surface area contributed by atoms with Crippen molar-refractivity contribution in [3.63, 3.8) is 0 Å². The molecule has 0 fully saturated rings. The van der Waals surface area contributed by atoms with E-state index in [4.69, 9.17) is 4.74 Å². The summed E-state index contributed by atoms with van der Waals surface area (Å²) in [6.07, 6.45) is 3.31. The number of rotatable bonds is 7. The highest BCUT2D eigenvalue weighted by molar-refractivity contribution is 7.91. The van der Waals surface area contributed by atoms with Gasteiger partial charge in [0.1, 0.15) is 5.69 Å². The molecule has 0 unspecified atom stereocenters. The molecule has 0 aliphatic heterocycles. The van der Waals surface area contributed by atoms with Gasteiger partial charge in [0.25, 0.3) is 5.91 Å². The predicted octanol–water partition coefficient (Wildman–Crippen LogP) is 3.86. The number of sulfone groups is 1. The maximum Gasteiger partial charge on any atom is 0.267 e. The summed E-state index contributed by atoms with van der Waals surface area (Å²) in [5.74, 6) is -1.02.